The summed E-state index contributed by atoms with van der Waals surface area (Å²) in [6.07, 6.45) is 3.84. The van der Waals surface area contributed by atoms with Crippen LogP contribution >= 0.6 is 11.6 Å². The second-order valence-corrected chi connectivity index (χ2v) is 8.47. The van der Waals surface area contributed by atoms with Gasteiger partial charge in [0.15, 0.2) is 11.5 Å². The number of amides is 2. The largest absolute Gasteiger partial charge is 0.493 e. The molecule has 7 heteroatoms. The van der Waals surface area contributed by atoms with Gasteiger partial charge in [-0.2, -0.15) is 0 Å². The Hall–Kier alpha value is -2.73. The number of nitrogens with one attached hydrogen (secondary N) is 1. The molecule has 2 aromatic rings. The highest BCUT2D eigenvalue weighted by molar-refractivity contribution is 6.31. The number of ether oxygens (including phenoxy) is 2. The van der Waals surface area contributed by atoms with Crippen LogP contribution in [0.25, 0.3) is 0 Å². The predicted molar refractivity (Wildman–Crippen MR) is 120 cm³/mol. The normalized spacial score (nSPS) is 20.2. The standard InChI is InChI=1S/C24H27ClN2O4/c1-30-21-13-18(24(29)27-10-6-3-7-11-27)20(14-22(21)31-2)26-23(28)17-12-16(17)15-8-4-5-9-19(15)25/h4-5,8-9,13-14,16-17H,3,6-7,10-12H2,1-2H3,(H,26,28). The predicted octanol–water partition coefficient (Wildman–Crippen LogP) is 4.73. The molecule has 1 heterocycles. The van der Waals surface area contributed by atoms with Crippen LogP contribution in [0.1, 0.15) is 47.5 Å². The van der Waals surface area contributed by atoms with Crippen LogP contribution in [0.15, 0.2) is 36.4 Å². The van der Waals surface area contributed by atoms with Crippen molar-refractivity contribution in [3.05, 3.63) is 52.5 Å². The first-order valence-corrected chi connectivity index (χ1v) is 11.0. The Labute approximate surface area is 187 Å². The number of anilines is 1. The summed E-state index contributed by atoms with van der Waals surface area (Å²) in [5.74, 6) is 0.618. The number of methoxy groups -OCH3 is 2. The first-order chi connectivity index (χ1) is 15.0. The lowest BCUT2D eigenvalue weighted by Crippen LogP contribution is -2.36. The summed E-state index contributed by atoms with van der Waals surface area (Å²) in [5.41, 5.74) is 1.85. The smallest absolute Gasteiger partial charge is 0.256 e. The fourth-order valence-electron chi connectivity index (χ4n) is 4.26. The molecule has 0 aromatic heterocycles. The number of piperidine rings is 1. The average molecular weight is 443 g/mol. The van der Waals surface area contributed by atoms with Crippen molar-refractivity contribution in [1.29, 1.82) is 0 Å². The van der Waals surface area contributed by atoms with E-state index in [-0.39, 0.29) is 23.7 Å². The fraction of sp³-hybridized carbons (Fsp3) is 0.417. The maximum absolute atomic E-state index is 13.2. The lowest BCUT2D eigenvalue weighted by atomic mass is 10.1. The summed E-state index contributed by atoms with van der Waals surface area (Å²) in [7, 11) is 3.06. The molecule has 2 atom stereocenters. The van der Waals surface area contributed by atoms with Crippen molar-refractivity contribution < 1.29 is 19.1 Å². The van der Waals surface area contributed by atoms with E-state index in [1.807, 2.05) is 29.2 Å². The van der Waals surface area contributed by atoms with E-state index in [9.17, 15) is 9.59 Å². The zero-order valence-corrected chi connectivity index (χ0v) is 18.6. The van der Waals surface area contributed by atoms with Gasteiger partial charge in [-0.1, -0.05) is 29.8 Å². The molecule has 0 radical (unpaired) electrons. The van der Waals surface area contributed by atoms with Gasteiger partial charge in [-0.05, 0) is 49.3 Å². The van der Waals surface area contributed by atoms with E-state index in [1.165, 1.54) is 14.2 Å². The number of nitrogens with zero attached hydrogens (tertiary/aromatic N) is 1. The Balaban J connectivity index is 1.58. The van der Waals surface area contributed by atoms with Gasteiger partial charge in [0.2, 0.25) is 5.91 Å². The third-order valence-corrected chi connectivity index (χ3v) is 6.43. The molecule has 1 aliphatic carbocycles. The molecular formula is C24H27ClN2O4. The first kappa shape index (κ1) is 21.5. The Bertz CT molecular complexity index is 988. The monoisotopic (exact) mass is 442 g/mol. The molecular weight excluding hydrogens is 416 g/mol. The average Bonchev–Trinajstić information content (AvgIpc) is 3.60. The molecule has 4 rings (SSSR count). The van der Waals surface area contributed by atoms with Gasteiger partial charge in [0.25, 0.3) is 5.91 Å². The quantitative estimate of drug-likeness (QED) is 0.702. The van der Waals surface area contributed by atoms with Crippen molar-refractivity contribution in [2.45, 2.75) is 31.6 Å². The number of carbonyl (C=O) groups excluding carboxylic acids is 2. The molecule has 1 saturated heterocycles. The maximum atomic E-state index is 13.2. The van der Waals surface area contributed by atoms with Crippen LogP contribution in [0.4, 0.5) is 5.69 Å². The molecule has 2 unspecified atom stereocenters. The van der Waals surface area contributed by atoms with Crippen molar-refractivity contribution in [2.75, 3.05) is 32.6 Å². The summed E-state index contributed by atoms with van der Waals surface area (Å²) in [6, 6.07) is 10.9. The minimum absolute atomic E-state index is 0.0927. The third-order valence-electron chi connectivity index (χ3n) is 6.09. The minimum atomic E-state index is -0.175. The summed E-state index contributed by atoms with van der Waals surface area (Å²) in [5, 5.41) is 3.65. The zero-order valence-electron chi connectivity index (χ0n) is 17.8. The second-order valence-electron chi connectivity index (χ2n) is 8.07. The number of hydrogen-bond acceptors (Lipinski definition) is 4. The number of carbonyl (C=O) groups is 2. The van der Waals surface area contributed by atoms with Crippen LogP contribution in [0.2, 0.25) is 5.02 Å². The number of rotatable bonds is 6. The molecule has 1 saturated carbocycles. The Morgan fingerprint density at radius 2 is 1.71 bits per heavy atom. The summed E-state index contributed by atoms with van der Waals surface area (Å²) >= 11 is 6.30. The van der Waals surface area contributed by atoms with Crippen molar-refractivity contribution in [1.82, 2.24) is 4.90 Å². The Kier molecular flexibility index (Phi) is 6.37. The van der Waals surface area contributed by atoms with E-state index >= 15 is 0 Å². The van der Waals surface area contributed by atoms with Gasteiger partial charge in [-0.15, -0.1) is 0 Å². The zero-order chi connectivity index (χ0) is 22.0. The molecule has 1 aliphatic heterocycles. The van der Waals surface area contributed by atoms with E-state index in [1.54, 1.807) is 12.1 Å². The van der Waals surface area contributed by atoms with E-state index < -0.39 is 0 Å². The molecule has 2 aromatic carbocycles. The summed E-state index contributed by atoms with van der Waals surface area (Å²) in [6.45, 7) is 1.44. The van der Waals surface area contributed by atoms with E-state index in [2.05, 4.69) is 5.32 Å². The van der Waals surface area contributed by atoms with Crippen molar-refractivity contribution in [3.63, 3.8) is 0 Å². The van der Waals surface area contributed by atoms with Crippen LogP contribution in [0.3, 0.4) is 0 Å². The highest BCUT2D eigenvalue weighted by Crippen LogP contribution is 2.50. The van der Waals surface area contributed by atoms with Crippen molar-refractivity contribution in [3.8, 4) is 11.5 Å². The van der Waals surface area contributed by atoms with Crippen molar-refractivity contribution >= 4 is 29.1 Å². The highest BCUT2D eigenvalue weighted by Gasteiger charge is 2.45. The van der Waals surface area contributed by atoms with Gasteiger partial charge in [0.05, 0.1) is 25.5 Å². The van der Waals surface area contributed by atoms with Gasteiger partial charge in [-0.25, -0.2) is 0 Å². The van der Waals surface area contributed by atoms with E-state index in [0.29, 0.717) is 27.8 Å². The molecule has 2 amide bonds. The minimum Gasteiger partial charge on any atom is -0.493 e. The molecule has 0 bridgehead atoms. The molecule has 2 fully saturated rings. The maximum Gasteiger partial charge on any atom is 0.256 e. The SMILES string of the molecule is COc1cc(NC(=O)C2CC2c2ccccc2Cl)c(C(=O)N2CCCCC2)cc1OC. The first-order valence-electron chi connectivity index (χ1n) is 10.6. The Morgan fingerprint density at radius 1 is 1.03 bits per heavy atom. The third kappa shape index (κ3) is 4.49. The molecule has 0 spiro atoms. The van der Waals surface area contributed by atoms with Crippen LogP contribution in [-0.4, -0.2) is 44.0 Å². The van der Waals surface area contributed by atoms with Gasteiger partial charge in [0.1, 0.15) is 0 Å². The summed E-state index contributed by atoms with van der Waals surface area (Å²) in [4.78, 5) is 28.1. The van der Waals surface area contributed by atoms with E-state index in [0.717, 1.165) is 44.3 Å². The lowest BCUT2D eigenvalue weighted by Gasteiger charge is -2.28. The van der Waals surface area contributed by atoms with Crippen LogP contribution in [-0.2, 0) is 4.79 Å². The van der Waals surface area contributed by atoms with Gasteiger partial charge in [0, 0.05) is 30.1 Å². The topological polar surface area (TPSA) is 67.9 Å². The molecule has 1 N–H and O–H groups in total. The van der Waals surface area contributed by atoms with Gasteiger partial charge in [-0.3, -0.25) is 9.59 Å². The number of hydrogen-bond donors (Lipinski definition) is 1. The summed E-state index contributed by atoms with van der Waals surface area (Å²) < 4.78 is 10.8. The van der Waals surface area contributed by atoms with Crippen molar-refractivity contribution in [2.24, 2.45) is 5.92 Å². The van der Waals surface area contributed by atoms with Crippen LogP contribution in [0, 0.1) is 5.92 Å². The lowest BCUT2D eigenvalue weighted by molar-refractivity contribution is -0.117. The number of likely N-dealkylation sites (tertiary alicyclic amines) is 1. The molecule has 6 nitrogen and oxygen atoms in total. The second kappa shape index (κ2) is 9.18. The van der Waals surface area contributed by atoms with Crippen LogP contribution < -0.4 is 14.8 Å². The van der Waals surface area contributed by atoms with E-state index in [4.69, 9.17) is 21.1 Å². The van der Waals surface area contributed by atoms with Gasteiger partial charge >= 0.3 is 0 Å². The highest BCUT2D eigenvalue weighted by atomic mass is 35.5. The number of benzene rings is 2. The fourth-order valence-corrected chi connectivity index (χ4v) is 4.53. The Morgan fingerprint density at radius 3 is 2.39 bits per heavy atom. The molecule has 31 heavy (non-hydrogen) atoms. The van der Waals surface area contributed by atoms with Crippen LogP contribution in [0.5, 0.6) is 11.5 Å². The molecule has 2 aliphatic rings. The molecule has 164 valence electrons. The number of halogens is 1. The van der Waals surface area contributed by atoms with Gasteiger partial charge < -0.3 is 19.7 Å².